The molecule has 0 bridgehead atoms. The van der Waals surface area contributed by atoms with Gasteiger partial charge < -0.3 is 4.74 Å². The highest BCUT2D eigenvalue weighted by Crippen LogP contribution is 2.24. The van der Waals surface area contributed by atoms with Crippen LogP contribution in [0, 0.1) is 12.8 Å². The topological polar surface area (TPSA) is 90.0 Å². The summed E-state index contributed by atoms with van der Waals surface area (Å²) in [5, 5.41) is 0. The van der Waals surface area contributed by atoms with Crippen LogP contribution >= 0.6 is 0 Å². The molecule has 1 heterocycles. The van der Waals surface area contributed by atoms with E-state index in [-0.39, 0.29) is 36.3 Å². The van der Waals surface area contributed by atoms with Gasteiger partial charge in [-0.3, -0.25) is 8.98 Å². The molecule has 1 fully saturated rings. The Balaban J connectivity index is 1.82. The third-order valence-electron chi connectivity index (χ3n) is 4.21. The van der Waals surface area contributed by atoms with Crippen LogP contribution < -0.4 is 0 Å². The molecule has 0 N–H and O–H groups in total. The fraction of sp³-hybridized carbons (Fsp3) is 0.579. The smallest absolute Gasteiger partial charge is 0.417 e. The minimum Gasteiger partial charge on any atom is -0.443 e. The van der Waals surface area contributed by atoms with Crippen LogP contribution in [0.5, 0.6) is 0 Å². The molecule has 2 amide bonds. The zero-order valence-corrected chi connectivity index (χ0v) is 17.0. The zero-order valence-electron chi connectivity index (χ0n) is 16.2. The first-order chi connectivity index (χ1) is 12.5. The Hall–Kier alpha value is -1.93. The predicted octanol–water partition coefficient (Wildman–Crippen LogP) is 3.26. The third kappa shape index (κ3) is 6.32. The molecular weight excluding hydrogens is 370 g/mol. The molecule has 1 aromatic carbocycles. The van der Waals surface area contributed by atoms with Crippen molar-refractivity contribution in [1.29, 1.82) is 0 Å². The fourth-order valence-electron chi connectivity index (χ4n) is 2.75. The number of ether oxygens (including phenoxy) is 1. The molecule has 1 aromatic rings. The van der Waals surface area contributed by atoms with Gasteiger partial charge in [-0.1, -0.05) is 17.7 Å². The van der Waals surface area contributed by atoms with Crippen molar-refractivity contribution in [3.8, 4) is 0 Å². The highest BCUT2D eigenvalue weighted by Gasteiger charge is 2.33. The lowest BCUT2D eigenvalue weighted by molar-refractivity contribution is -0.134. The van der Waals surface area contributed by atoms with E-state index < -0.39 is 21.8 Å². The van der Waals surface area contributed by atoms with Gasteiger partial charge >= 0.3 is 6.09 Å². The molecule has 0 aromatic heterocycles. The molecule has 1 aliphatic rings. The van der Waals surface area contributed by atoms with Gasteiger partial charge in [0.05, 0.1) is 11.5 Å². The summed E-state index contributed by atoms with van der Waals surface area (Å²) in [7, 11) is -3.81. The number of likely N-dealkylation sites (tertiary alicyclic amines) is 1. The Morgan fingerprint density at radius 3 is 2.41 bits per heavy atom. The van der Waals surface area contributed by atoms with Crippen LogP contribution in [0.1, 0.15) is 45.6 Å². The molecule has 1 unspecified atom stereocenters. The van der Waals surface area contributed by atoms with Crippen molar-refractivity contribution in [2.45, 2.75) is 57.5 Å². The summed E-state index contributed by atoms with van der Waals surface area (Å²) in [6.07, 6.45) is 0.564. The molecule has 0 aliphatic carbocycles. The number of carbonyl (C=O) groups excluding carboxylic acids is 2. The molecule has 150 valence electrons. The van der Waals surface area contributed by atoms with Crippen molar-refractivity contribution in [2.24, 2.45) is 5.92 Å². The van der Waals surface area contributed by atoms with E-state index >= 15 is 0 Å². The second-order valence-corrected chi connectivity index (χ2v) is 9.38. The Morgan fingerprint density at radius 1 is 1.22 bits per heavy atom. The minimum absolute atomic E-state index is 0.000589. The first-order valence-electron chi connectivity index (χ1n) is 8.97. The highest BCUT2D eigenvalue weighted by atomic mass is 32.2. The number of imide groups is 1. The van der Waals surface area contributed by atoms with Gasteiger partial charge in [-0.2, -0.15) is 8.42 Å². The second-order valence-electron chi connectivity index (χ2n) is 7.76. The van der Waals surface area contributed by atoms with Crippen LogP contribution in [0.2, 0.25) is 0 Å². The van der Waals surface area contributed by atoms with E-state index in [1.54, 1.807) is 32.9 Å². The molecule has 0 spiro atoms. The molecule has 2 rings (SSSR count). The van der Waals surface area contributed by atoms with Crippen molar-refractivity contribution in [3.05, 3.63) is 29.8 Å². The fourth-order valence-corrected chi connectivity index (χ4v) is 3.67. The number of rotatable bonds is 5. The predicted molar refractivity (Wildman–Crippen MR) is 99.6 cm³/mol. The maximum atomic E-state index is 12.2. The molecule has 0 radical (unpaired) electrons. The van der Waals surface area contributed by atoms with Crippen LogP contribution in [-0.2, 0) is 23.8 Å². The number of nitrogens with zero attached hydrogens (tertiary/aromatic N) is 1. The van der Waals surface area contributed by atoms with Gasteiger partial charge in [0.2, 0.25) is 5.91 Å². The molecule has 27 heavy (non-hydrogen) atoms. The number of carbonyl (C=O) groups is 2. The number of aryl methyl sites for hydroxylation is 1. The number of amides is 2. The molecule has 1 aliphatic heterocycles. The summed E-state index contributed by atoms with van der Waals surface area (Å²) in [5.41, 5.74) is 0.302. The monoisotopic (exact) mass is 397 g/mol. The SMILES string of the molecule is Cc1ccc(S(=O)(=O)OCCC2CCN(C(=O)OC(C)(C)C)C(=O)C2)cc1. The first-order valence-corrected chi connectivity index (χ1v) is 10.4. The number of benzene rings is 1. The molecular formula is C19H27NO6S. The van der Waals surface area contributed by atoms with Crippen LogP contribution in [0.25, 0.3) is 0 Å². The summed E-state index contributed by atoms with van der Waals surface area (Å²) < 4.78 is 34.6. The number of hydrogen-bond donors (Lipinski definition) is 0. The van der Waals surface area contributed by atoms with Crippen LogP contribution in [0.3, 0.4) is 0 Å². The summed E-state index contributed by atoms with van der Waals surface area (Å²) in [6.45, 7) is 7.37. The Kier molecular flexibility index (Phi) is 6.64. The lowest BCUT2D eigenvalue weighted by atomic mass is 9.93. The molecule has 0 saturated carbocycles. The molecule has 1 atom stereocenters. The molecule has 7 nitrogen and oxygen atoms in total. The van der Waals surface area contributed by atoms with E-state index in [0.717, 1.165) is 10.5 Å². The zero-order chi connectivity index (χ0) is 20.2. The van der Waals surface area contributed by atoms with E-state index in [4.69, 9.17) is 8.92 Å². The Morgan fingerprint density at radius 2 is 1.85 bits per heavy atom. The average molecular weight is 397 g/mol. The lowest BCUT2D eigenvalue weighted by Gasteiger charge is -2.31. The van der Waals surface area contributed by atoms with E-state index in [2.05, 4.69) is 0 Å². The second kappa shape index (κ2) is 8.39. The van der Waals surface area contributed by atoms with Crippen molar-refractivity contribution in [3.63, 3.8) is 0 Å². The van der Waals surface area contributed by atoms with E-state index in [0.29, 0.717) is 12.8 Å². The van der Waals surface area contributed by atoms with Gasteiger partial charge in [-0.25, -0.2) is 9.69 Å². The summed E-state index contributed by atoms with van der Waals surface area (Å²) >= 11 is 0. The van der Waals surface area contributed by atoms with Crippen LogP contribution in [-0.4, -0.2) is 44.1 Å². The van der Waals surface area contributed by atoms with Crippen molar-refractivity contribution < 1.29 is 26.9 Å². The van der Waals surface area contributed by atoms with Gasteiger partial charge in [0, 0.05) is 13.0 Å². The van der Waals surface area contributed by atoms with Gasteiger partial charge in [0.15, 0.2) is 0 Å². The van der Waals surface area contributed by atoms with Gasteiger partial charge in [-0.05, 0) is 58.6 Å². The van der Waals surface area contributed by atoms with Gasteiger partial charge in [0.25, 0.3) is 10.1 Å². The summed E-state index contributed by atoms with van der Waals surface area (Å²) in [4.78, 5) is 25.5. The lowest BCUT2D eigenvalue weighted by Crippen LogP contribution is -2.45. The summed E-state index contributed by atoms with van der Waals surface area (Å²) in [6, 6.07) is 6.43. The van der Waals surface area contributed by atoms with Crippen molar-refractivity contribution in [2.75, 3.05) is 13.2 Å². The highest BCUT2D eigenvalue weighted by molar-refractivity contribution is 7.86. The Labute approximate surface area is 160 Å². The number of piperidine rings is 1. The van der Waals surface area contributed by atoms with Gasteiger partial charge in [0.1, 0.15) is 5.60 Å². The van der Waals surface area contributed by atoms with Crippen molar-refractivity contribution in [1.82, 2.24) is 4.90 Å². The largest absolute Gasteiger partial charge is 0.443 e. The quantitative estimate of drug-likeness (QED) is 0.709. The standard InChI is InChI=1S/C19H27NO6S/c1-14-5-7-16(8-6-14)27(23,24)25-12-10-15-9-11-20(17(21)13-15)18(22)26-19(2,3)4/h5-8,15H,9-13H2,1-4H3. The average Bonchev–Trinajstić information content (AvgIpc) is 2.53. The van der Waals surface area contributed by atoms with E-state index in [1.165, 1.54) is 12.1 Å². The van der Waals surface area contributed by atoms with Crippen LogP contribution in [0.15, 0.2) is 29.2 Å². The number of hydrogen-bond acceptors (Lipinski definition) is 6. The van der Waals surface area contributed by atoms with E-state index in [1.807, 2.05) is 6.92 Å². The maximum absolute atomic E-state index is 12.2. The maximum Gasteiger partial charge on any atom is 0.417 e. The van der Waals surface area contributed by atoms with Gasteiger partial charge in [-0.15, -0.1) is 0 Å². The summed E-state index contributed by atoms with van der Waals surface area (Å²) in [5.74, 6) is -0.328. The third-order valence-corrected chi connectivity index (χ3v) is 5.54. The first kappa shape index (κ1) is 21.4. The minimum atomic E-state index is -3.81. The van der Waals surface area contributed by atoms with Crippen molar-refractivity contribution >= 4 is 22.1 Å². The normalized spacial score (nSPS) is 18.4. The van der Waals surface area contributed by atoms with E-state index in [9.17, 15) is 18.0 Å². The molecule has 8 heteroatoms. The van der Waals surface area contributed by atoms with Crippen LogP contribution in [0.4, 0.5) is 4.79 Å². The molecule has 1 saturated heterocycles. The Bertz CT molecular complexity index is 779.